The van der Waals surface area contributed by atoms with E-state index in [4.69, 9.17) is 0 Å². The summed E-state index contributed by atoms with van der Waals surface area (Å²) in [6.45, 7) is -2.78. The van der Waals surface area contributed by atoms with E-state index in [2.05, 4.69) is 20.7 Å². The lowest BCUT2D eigenvalue weighted by atomic mass is 10.1. The fourth-order valence-corrected chi connectivity index (χ4v) is 2.12. The standard InChI is InChI=1S/C14H11BrF2O/c15-12-3-1-2-11(9-12)8-10-4-6-13(7-5-10)18-14(16)17/h1-7,9,14H,8H2. The van der Waals surface area contributed by atoms with E-state index in [1.54, 1.807) is 24.3 Å². The van der Waals surface area contributed by atoms with Gasteiger partial charge in [-0.15, -0.1) is 0 Å². The van der Waals surface area contributed by atoms with E-state index in [0.717, 1.165) is 22.0 Å². The third-order valence-corrected chi connectivity index (χ3v) is 2.94. The average molecular weight is 313 g/mol. The van der Waals surface area contributed by atoms with Crippen molar-refractivity contribution in [3.63, 3.8) is 0 Å². The molecule has 0 N–H and O–H groups in total. The molecule has 2 aromatic rings. The van der Waals surface area contributed by atoms with Gasteiger partial charge in [-0.1, -0.05) is 40.2 Å². The van der Waals surface area contributed by atoms with E-state index in [1.807, 2.05) is 24.3 Å². The van der Waals surface area contributed by atoms with Gasteiger partial charge in [-0.25, -0.2) is 0 Å². The van der Waals surface area contributed by atoms with Gasteiger partial charge in [-0.05, 0) is 41.8 Å². The molecule has 0 aliphatic carbocycles. The van der Waals surface area contributed by atoms with Crippen molar-refractivity contribution in [1.82, 2.24) is 0 Å². The lowest BCUT2D eigenvalue weighted by Gasteiger charge is -2.06. The van der Waals surface area contributed by atoms with Crippen LogP contribution in [0.3, 0.4) is 0 Å². The van der Waals surface area contributed by atoms with Crippen molar-refractivity contribution in [2.45, 2.75) is 13.0 Å². The van der Waals surface area contributed by atoms with E-state index >= 15 is 0 Å². The van der Waals surface area contributed by atoms with Crippen molar-refractivity contribution < 1.29 is 13.5 Å². The van der Waals surface area contributed by atoms with Crippen LogP contribution in [0, 0.1) is 0 Å². The van der Waals surface area contributed by atoms with Gasteiger partial charge in [-0.3, -0.25) is 0 Å². The van der Waals surface area contributed by atoms with Crippen LogP contribution in [0.1, 0.15) is 11.1 Å². The molecule has 0 heterocycles. The molecule has 18 heavy (non-hydrogen) atoms. The number of benzene rings is 2. The van der Waals surface area contributed by atoms with E-state index < -0.39 is 6.61 Å². The maximum Gasteiger partial charge on any atom is 0.387 e. The molecule has 0 aromatic heterocycles. The first kappa shape index (κ1) is 13.0. The van der Waals surface area contributed by atoms with Crippen LogP contribution < -0.4 is 4.74 Å². The van der Waals surface area contributed by atoms with Crippen LogP contribution in [-0.4, -0.2) is 6.61 Å². The fourth-order valence-electron chi connectivity index (χ4n) is 1.67. The molecule has 4 heteroatoms. The molecule has 0 saturated heterocycles. The average Bonchev–Trinajstić information content (AvgIpc) is 2.31. The predicted molar refractivity (Wildman–Crippen MR) is 70.0 cm³/mol. The SMILES string of the molecule is FC(F)Oc1ccc(Cc2cccc(Br)c2)cc1. The smallest absolute Gasteiger partial charge is 0.387 e. The monoisotopic (exact) mass is 312 g/mol. The van der Waals surface area contributed by atoms with Crippen LogP contribution in [-0.2, 0) is 6.42 Å². The summed E-state index contributed by atoms with van der Waals surface area (Å²) in [5.41, 5.74) is 2.21. The van der Waals surface area contributed by atoms with E-state index in [-0.39, 0.29) is 5.75 Å². The number of ether oxygens (including phenoxy) is 1. The van der Waals surface area contributed by atoms with Gasteiger partial charge >= 0.3 is 6.61 Å². The largest absolute Gasteiger partial charge is 0.435 e. The Balaban J connectivity index is 2.06. The molecule has 0 saturated carbocycles. The number of hydrogen-bond acceptors (Lipinski definition) is 1. The van der Waals surface area contributed by atoms with E-state index in [0.29, 0.717) is 0 Å². The summed E-state index contributed by atoms with van der Waals surface area (Å²) in [7, 11) is 0. The van der Waals surface area contributed by atoms with Crippen molar-refractivity contribution in [2.24, 2.45) is 0 Å². The van der Waals surface area contributed by atoms with Crippen molar-refractivity contribution in [3.8, 4) is 5.75 Å². The molecule has 0 fully saturated rings. The Bertz CT molecular complexity index is 511. The second-order valence-corrected chi connectivity index (χ2v) is 4.74. The van der Waals surface area contributed by atoms with Crippen LogP contribution in [0.5, 0.6) is 5.75 Å². The molecular weight excluding hydrogens is 302 g/mol. The highest BCUT2D eigenvalue weighted by Crippen LogP contribution is 2.18. The number of alkyl halides is 2. The number of halogens is 3. The normalized spacial score (nSPS) is 10.7. The molecule has 0 spiro atoms. The Hall–Kier alpha value is -1.42. The molecule has 0 aliphatic heterocycles. The van der Waals surface area contributed by atoms with Crippen LogP contribution in [0.4, 0.5) is 8.78 Å². The van der Waals surface area contributed by atoms with Crippen molar-refractivity contribution in [2.75, 3.05) is 0 Å². The second kappa shape index (κ2) is 5.96. The van der Waals surface area contributed by atoms with Gasteiger partial charge in [0.1, 0.15) is 5.75 Å². The molecule has 0 atom stereocenters. The maximum absolute atomic E-state index is 12.0. The minimum atomic E-state index is -2.78. The summed E-state index contributed by atoms with van der Waals surface area (Å²) < 4.78 is 29.3. The lowest BCUT2D eigenvalue weighted by molar-refractivity contribution is -0.0498. The highest BCUT2D eigenvalue weighted by atomic mass is 79.9. The minimum Gasteiger partial charge on any atom is -0.435 e. The summed E-state index contributed by atoms with van der Waals surface area (Å²) in [5.74, 6) is 0.183. The molecular formula is C14H11BrF2O. The van der Waals surface area contributed by atoms with Gasteiger partial charge in [-0.2, -0.15) is 8.78 Å². The van der Waals surface area contributed by atoms with Crippen LogP contribution >= 0.6 is 15.9 Å². The molecule has 2 rings (SSSR count). The Labute approximate surface area is 113 Å². The number of rotatable bonds is 4. The highest BCUT2D eigenvalue weighted by molar-refractivity contribution is 9.10. The Morgan fingerprint density at radius 1 is 1.00 bits per heavy atom. The fraction of sp³-hybridized carbons (Fsp3) is 0.143. The molecule has 2 aromatic carbocycles. The topological polar surface area (TPSA) is 9.23 Å². The van der Waals surface area contributed by atoms with Gasteiger partial charge in [0.15, 0.2) is 0 Å². The summed E-state index contributed by atoms with van der Waals surface area (Å²) >= 11 is 3.41. The van der Waals surface area contributed by atoms with Gasteiger partial charge < -0.3 is 4.74 Å². The van der Waals surface area contributed by atoms with E-state index in [1.165, 1.54) is 0 Å². The molecule has 0 amide bonds. The highest BCUT2D eigenvalue weighted by Gasteiger charge is 2.04. The summed E-state index contributed by atoms with van der Waals surface area (Å²) in [6, 6.07) is 14.7. The van der Waals surface area contributed by atoms with Gasteiger partial charge in [0.25, 0.3) is 0 Å². The number of hydrogen-bond donors (Lipinski definition) is 0. The molecule has 0 radical (unpaired) electrons. The van der Waals surface area contributed by atoms with Crippen LogP contribution in [0.2, 0.25) is 0 Å². The lowest BCUT2D eigenvalue weighted by Crippen LogP contribution is -2.01. The van der Waals surface area contributed by atoms with Crippen molar-refractivity contribution in [1.29, 1.82) is 0 Å². The third kappa shape index (κ3) is 3.81. The predicted octanol–water partition coefficient (Wildman–Crippen LogP) is 4.64. The van der Waals surface area contributed by atoms with Crippen molar-refractivity contribution >= 4 is 15.9 Å². The summed E-state index contributed by atoms with van der Waals surface area (Å²) in [4.78, 5) is 0. The summed E-state index contributed by atoms with van der Waals surface area (Å²) in [5, 5.41) is 0. The van der Waals surface area contributed by atoms with Gasteiger partial charge in [0.05, 0.1) is 0 Å². The molecule has 94 valence electrons. The van der Waals surface area contributed by atoms with Gasteiger partial charge in [0.2, 0.25) is 0 Å². The molecule has 0 bridgehead atoms. The Morgan fingerprint density at radius 3 is 2.33 bits per heavy atom. The zero-order chi connectivity index (χ0) is 13.0. The minimum absolute atomic E-state index is 0.183. The van der Waals surface area contributed by atoms with Crippen LogP contribution in [0.15, 0.2) is 53.0 Å². The first-order chi connectivity index (χ1) is 8.63. The first-order valence-electron chi connectivity index (χ1n) is 5.42. The van der Waals surface area contributed by atoms with Crippen molar-refractivity contribution in [3.05, 3.63) is 64.1 Å². The quantitative estimate of drug-likeness (QED) is 0.799. The Kier molecular flexibility index (Phi) is 4.31. The first-order valence-corrected chi connectivity index (χ1v) is 6.21. The van der Waals surface area contributed by atoms with Crippen LogP contribution in [0.25, 0.3) is 0 Å². The zero-order valence-corrected chi connectivity index (χ0v) is 11.0. The molecule has 1 nitrogen and oxygen atoms in total. The summed E-state index contributed by atoms with van der Waals surface area (Å²) in [6.07, 6.45) is 0.758. The second-order valence-electron chi connectivity index (χ2n) is 3.83. The van der Waals surface area contributed by atoms with Gasteiger partial charge in [0, 0.05) is 4.47 Å². The zero-order valence-electron chi connectivity index (χ0n) is 9.45. The third-order valence-electron chi connectivity index (χ3n) is 2.45. The Morgan fingerprint density at radius 2 is 1.72 bits per heavy atom. The molecule has 0 unspecified atom stereocenters. The molecule has 0 aliphatic rings. The van der Waals surface area contributed by atoms with E-state index in [9.17, 15) is 8.78 Å². The maximum atomic E-state index is 12.0.